The Morgan fingerprint density at radius 1 is 1.30 bits per heavy atom. The molecule has 0 aliphatic rings. The van der Waals surface area contributed by atoms with Crippen LogP contribution in [-0.4, -0.2) is 30.5 Å². The predicted octanol–water partition coefficient (Wildman–Crippen LogP) is 2.42. The summed E-state index contributed by atoms with van der Waals surface area (Å²) < 4.78 is 5.40. The van der Waals surface area contributed by atoms with Crippen LogP contribution in [-0.2, 0) is 11.3 Å². The Bertz CT molecular complexity index is 417. The monoisotopic (exact) mass is 278 g/mol. The van der Waals surface area contributed by atoms with Crippen LogP contribution in [0, 0.1) is 5.92 Å². The third kappa shape index (κ3) is 4.53. The molecule has 4 heteroatoms. The number of likely N-dealkylation sites (N-methyl/N-ethyl adjacent to an activating group) is 1. The molecule has 0 unspecified atom stereocenters. The minimum Gasteiger partial charge on any atom is -0.494 e. The minimum atomic E-state index is -0.423. The summed E-state index contributed by atoms with van der Waals surface area (Å²) >= 11 is 0. The Morgan fingerprint density at radius 2 is 1.90 bits per heavy atom. The van der Waals surface area contributed by atoms with Crippen molar-refractivity contribution in [2.45, 2.75) is 39.8 Å². The maximum atomic E-state index is 12.2. The van der Waals surface area contributed by atoms with Crippen molar-refractivity contribution < 1.29 is 9.53 Å². The highest BCUT2D eigenvalue weighted by molar-refractivity contribution is 5.81. The standard InChI is InChI=1S/C16H26N2O2/c1-5-12(3)15(17)16(19)18(4)11-13-7-9-14(10-8-13)20-6-2/h7-10,12,15H,5-6,11,17H2,1-4H3/t12-,15-/m0/s1. The first kappa shape index (κ1) is 16.5. The second-order valence-corrected chi connectivity index (χ2v) is 5.18. The lowest BCUT2D eigenvalue weighted by molar-refractivity contribution is -0.132. The summed E-state index contributed by atoms with van der Waals surface area (Å²) in [5.41, 5.74) is 7.05. The second-order valence-electron chi connectivity index (χ2n) is 5.18. The SMILES string of the molecule is CCOc1ccc(CN(C)C(=O)[C@@H](N)[C@@H](C)CC)cc1. The molecule has 2 atom stereocenters. The van der Waals surface area contributed by atoms with Gasteiger partial charge >= 0.3 is 0 Å². The predicted molar refractivity (Wildman–Crippen MR) is 81.5 cm³/mol. The van der Waals surface area contributed by atoms with Gasteiger partial charge in [-0.1, -0.05) is 32.4 Å². The summed E-state index contributed by atoms with van der Waals surface area (Å²) in [5, 5.41) is 0. The first-order valence-corrected chi connectivity index (χ1v) is 7.21. The summed E-state index contributed by atoms with van der Waals surface area (Å²) in [5.74, 6) is 1.04. The normalized spacial score (nSPS) is 13.7. The van der Waals surface area contributed by atoms with Crippen molar-refractivity contribution in [3.63, 3.8) is 0 Å². The molecule has 20 heavy (non-hydrogen) atoms. The fourth-order valence-electron chi connectivity index (χ4n) is 1.96. The highest BCUT2D eigenvalue weighted by atomic mass is 16.5. The van der Waals surface area contributed by atoms with Crippen molar-refractivity contribution in [2.24, 2.45) is 11.7 Å². The Balaban J connectivity index is 2.61. The van der Waals surface area contributed by atoms with Gasteiger partial charge in [0, 0.05) is 13.6 Å². The number of amides is 1. The smallest absolute Gasteiger partial charge is 0.239 e. The van der Waals surface area contributed by atoms with E-state index in [4.69, 9.17) is 10.5 Å². The Hall–Kier alpha value is -1.55. The molecular formula is C16H26N2O2. The van der Waals surface area contributed by atoms with Crippen molar-refractivity contribution in [3.05, 3.63) is 29.8 Å². The number of benzene rings is 1. The third-order valence-electron chi connectivity index (χ3n) is 3.57. The Kier molecular flexibility index (Phi) is 6.52. The van der Waals surface area contributed by atoms with E-state index in [9.17, 15) is 4.79 Å². The highest BCUT2D eigenvalue weighted by Gasteiger charge is 2.22. The van der Waals surface area contributed by atoms with Gasteiger partial charge in [-0.25, -0.2) is 0 Å². The van der Waals surface area contributed by atoms with Gasteiger partial charge in [0.05, 0.1) is 12.6 Å². The van der Waals surface area contributed by atoms with Crippen molar-refractivity contribution in [1.29, 1.82) is 0 Å². The molecule has 0 radical (unpaired) electrons. The van der Waals surface area contributed by atoms with Crippen molar-refractivity contribution in [3.8, 4) is 5.75 Å². The maximum absolute atomic E-state index is 12.2. The van der Waals surface area contributed by atoms with Crippen LogP contribution in [0.4, 0.5) is 0 Å². The zero-order valence-corrected chi connectivity index (χ0v) is 12.9. The molecule has 0 fully saturated rings. The van der Waals surface area contributed by atoms with E-state index in [0.29, 0.717) is 13.2 Å². The van der Waals surface area contributed by atoms with E-state index in [2.05, 4.69) is 0 Å². The molecule has 4 nitrogen and oxygen atoms in total. The summed E-state index contributed by atoms with van der Waals surface area (Å²) in [4.78, 5) is 13.9. The van der Waals surface area contributed by atoms with Crippen molar-refractivity contribution in [1.82, 2.24) is 4.90 Å². The summed E-state index contributed by atoms with van der Waals surface area (Å²) in [7, 11) is 1.79. The fraction of sp³-hybridized carbons (Fsp3) is 0.562. The maximum Gasteiger partial charge on any atom is 0.239 e. The van der Waals surface area contributed by atoms with Crippen molar-refractivity contribution in [2.75, 3.05) is 13.7 Å². The van der Waals surface area contributed by atoms with Gasteiger partial charge in [0.25, 0.3) is 0 Å². The molecule has 2 N–H and O–H groups in total. The lowest BCUT2D eigenvalue weighted by atomic mass is 9.99. The number of nitrogens with two attached hydrogens (primary N) is 1. The largest absolute Gasteiger partial charge is 0.494 e. The number of carbonyl (C=O) groups excluding carboxylic acids is 1. The molecule has 1 rings (SSSR count). The van der Waals surface area contributed by atoms with E-state index in [1.54, 1.807) is 11.9 Å². The number of nitrogens with zero attached hydrogens (tertiary/aromatic N) is 1. The molecular weight excluding hydrogens is 252 g/mol. The average Bonchev–Trinajstić information content (AvgIpc) is 2.47. The Labute approximate surface area is 121 Å². The Morgan fingerprint density at radius 3 is 2.40 bits per heavy atom. The number of rotatable bonds is 7. The van der Waals surface area contributed by atoms with Crippen LogP contribution in [0.15, 0.2) is 24.3 Å². The van der Waals surface area contributed by atoms with Crippen LogP contribution < -0.4 is 10.5 Å². The van der Waals surface area contributed by atoms with Crippen LogP contribution in [0.1, 0.15) is 32.8 Å². The van der Waals surface area contributed by atoms with Gasteiger partial charge in [0.2, 0.25) is 5.91 Å². The number of ether oxygens (including phenoxy) is 1. The fourth-order valence-corrected chi connectivity index (χ4v) is 1.96. The number of carbonyl (C=O) groups is 1. The quantitative estimate of drug-likeness (QED) is 0.833. The van der Waals surface area contributed by atoms with Crippen LogP contribution >= 0.6 is 0 Å². The van der Waals surface area contributed by atoms with E-state index in [1.807, 2.05) is 45.0 Å². The first-order valence-electron chi connectivity index (χ1n) is 7.21. The summed E-state index contributed by atoms with van der Waals surface area (Å²) in [6.45, 7) is 7.23. The second kappa shape index (κ2) is 7.90. The van der Waals surface area contributed by atoms with Gasteiger partial charge in [0.15, 0.2) is 0 Å². The highest BCUT2D eigenvalue weighted by Crippen LogP contribution is 2.14. The molecule has 0 aromatic heterocycles. The molecule has 1 amide bonds. The van der Waals surface area contributed by atoms with Crippen LogP contribution in [0.3, 0.4) is 0 Å². The molecule has 1 aromatic rings. The lowest BCUT2D eigenvalue weighted by Gasteiger charge is -2.24. The number of hydrogen-bond acceptors (Lipinski definition) is 3. The lowest BCUT2D eigenvalue weighted by Crippen LogP contribution is -2.45. The van der Waals surface area contributed by atoms with Crippen molar-refractivity contribution >= 4 is 5.91 Å². The molecule has 0 aliphatic carbocycles. The average molecular weight is 278 g/mol. The van der Waals surface area contributed by atoms with Gasteiger partial charge < -0.3 is 15.4 Å². The van der Waals surface area contributed by atoms with Gasteiger partial charge in [-0.05, 0) is 30.5 Å². The van der Waals surface area contributed by atoms with Gasteiger partial charge in [-0.3, -0.25) is 4.79 Å². The molecule has 1 aromatic carbocycles. The summed E-state index contributed by atoms with van der Waals surface area (Å²) in [6.07, 6.45) is 0.907. The van der Waals surface area contributed by atoms with E-state index in [1.165, 1.54) is 0 Å². The zero-order chi connectivity index (χ0) is 15.1. The van der Waals surface area contributed by atoms with Crippen LogP contribution in [0.2, 0.25) is 0 Å². The van der Waals surface area contributed by atoms with E-state index >= 15 is 0 Å². The first-order chi connectivity index (χ1) is 9.49. The van der Waals surface area contributed by atoms with Gasteiger partial charge in [-0.15, -0.1) is 0 Å². The molecule has 0 saturated carbocycles. The van der Waals surface area contributed by atoms with Gasteiger partial charge in [-0.2, -0.15) is 0 Å². The molecule has 0 heterocycles. The topological polar surface area (TPSA) is 55.6 Å². The third-order valence-corrected chi connectivity index (χ3v) is 3.57. The van der Waals surface area contributed by atoms with Crippen LogP contribution in [0.25, 0.3) is 0 Å². The van der Waals surface area contributed by atoms with E-state index in [-0.39, 0.29) is 11.8 Å². The molecule has 0 aliphatic heterocycles. The molecule has 112 valence electrons. The summed E-state index contributed by atoms with van der Waals surface area (Å²) in [6, 6.07) is 7.37. The zero-order valence-electron chi connectivity index (χ0n) is 12.9. The van der Waals surface area contributed by atoms with Gasteiger partial charge in [0.1, 0.15) is 5.75 Å². The van der Waals surface area contributed by atoms with Crippen LogP contribution in [0.5, 0.6) is 5.75 Å². The van der Waals surface area contributed by atoms with E-state index < -0.39 is 6.04 Å². The number of hydrogen-bond donors (Lipinski definition) is 1. The molecule has 0 saturated heterocycles. The minimum absolute atomic E-state index is 0.00626. The molecule has 0 bridgehead atoms. The van der Waals surface area contributed by atoms with E-state index in [0.717, 1.165) is 17.7 Å². The molecule has 0 spiro atoms.